The van der Waals surface area contributed by atoms with Gasteiger partial charge in [-0.25, -0.2) is 4.98 Å². The van der Waals surface area contributed by atoms with Crippen molar-refractivity contribution < 1.29 is 0 Å². The quantitative estimate of drug-likeness (QED) is 0.839. The van der Waals surface area contributed by atoms with Gasteiger partial charge in [-0.1, -0.05) is 6.92 Å². The number of nitrogens with two attached hydrogens (primary N) is 1. The Morgan fingerprint density at radius 1 is 1.39 bits per heavy atom. The van der Waals surface area contributed by atoms with Gasteiger partial charge in [0.25, 0.3) is 0 Å². The van der Waals surface area contributed by atoms with E-state index in [0.29, 0.717) is 5.92 Å². The number of benzene rings is 1. The van der Waals surface area contributed by atoms with Crippen LogP contribution in [0, 0.1) is 11.8 Å². The number of nitrogens with zero attached hydrogens (tertiary/aromatic N) is 2. The van der Waals surface area contributed by atoms with E-state index < -0.39 is 0 Å². The maximum atomic E-state index is 5.86. The Morgan fingerprint density at radius 2 is 2.17 bits per heavy atom. The van der Waals surface area contributed by atoms with Gasteiger partial charge in [-0.3, -0.25) is 0 Å². The fourth-order valence-electron chi connectivity index (χ4n) is 2.90. The normalized spacial score (nSPS) is 26.7. The molecule has 2 unspecified atom stereocenters. The van der Waals surface area contributed by atoms with Gasteiger partial charge in [0.05, 0.1) is 11.0 Å². The molecule has 4 rings (SSSR count). The first-order chi connectivity index (χ1) is 8.72. The summed E-state index contributed by atoms with van der Waals surface area (Å²) >= 11 is 0. The maximum Gasteiger partial charge on any atom is 0.113 e. The molecule has 3 nitrogen and oxygen atoms in total. The maximum absolute atomic E-state index is 5.86. The van der Waals surface area contributed by atoms with Crippen molar-refractivity contribution in [2.24, 2.45) is 11.8 Å². The highest BCUT2D eigenvalue weighted by Crippen LogP contribution is 2.44. The summed E-state index contributed by atoms with van der Waals surface area (Å²) < 4.78 is 2.46. The summed E-state index contributed by atoms with van der Waals surface area (Å²) in [5.41, 5.74) is 9.02. The highest BCUT2D eigenvalue weighted by molar-refractivity contribution is 5.79. The first kappa shape index (κ1) is 10.4. The minimum absolute atomic E-state index is 0.702. The topological polar surface area (TPSA) is 43.8 Å². The van der Waals surface area contributed by atoms with Gasteiger partial charge in [-0.05, 0) is 49.3 Å². The smallest absolute Gasteiger partial charge is 0.113 e. The molecule has 2 fully saturated rings. The van der Waals surface area contributed by atoms with Gasteiger partial charge in [0, 0.05) is 18.2 Å². The number of rotatable bonds is 3. The van der Waals surface area contributed by atoms with Crippen LogP contribution in [0.25, 0.3) is 11.0 Å². The van der Waals surface area contributed by atoms with Crippen LogP contribution in [0.5, 0.6) is 0 Å². The molecule has 2 aliphatic rings. The summed E-state index contributed by atoms with van der Waals surface area (Å²) in [5.74, 6) is 3.75. The Kier molecular flexibility index (Phi) is 2.02. The highest BCUT2D eigenvalue weighted by Gasteiger charge is 2.36. The van der Waals surface area contributed by atoms with Crippen LogP contribution in [-0.2, 0) is 6.54 Å². The lowest BCUT2D eigenvalue weighted by Gasteiger charge is -2.08. The van der Waals surface area contributed by atoms with Crippen molar-refractivity contribution in [1.82, 2.24) is 9.55 Å². The number of fused-ring (bicyclic) bond motifs is 1. The number of anilines is 1. The number of imidazole rings is 1. The highest BCUT2D eigenvalue weighted by atomic mass is 15.1. The summed E-state index contributed by atoms with van der Waals surface area (Å²) in [6, 6.07) is 6.14. The average Bonchev–Trinajstić information content (AvgIpc) is 3.23. The molecule has 1 aromatic heterocycles. The Morgan fingerprint density at radius 3 is 2.83 bits per heavy atom. The third-order valence-corrected chi connectivity index (χ3v) is 4.44. The molecule has 94 valence electrons. The summed E-state index contributed by atoms with van der Waals surface area (Å²) in [7, 11) is 0. The second-order valence-corrected chi connectivity index (χ2v) is 6.08. The fourth-order valence-corrected chi connectivity index (χ4v) is 2.90. The number of hydrogen-bond acceptors (Lipinski definition) is 2. The molecule has 2 atom stereocenters. The molecule has 0 aliphatic heterocycles. The molecule has 0 amide bonds. The van der Waals surface area contributed by atoms with Crippen molar-refractivity contribution in [3.05, 3.63) is 24.0 Å². The molecule has 1 aromatic carbocycles. The molecular weight excluding hydrogens is 222 g/mol. The van der Waals surface area contributed by atoms with E-state index in [2.05, 4.69) is 17.6 Å². The zero-order chi connectivity index (χ0) is 12.3. The van der Waals surface area contributed by atoms with Gasteiger partial charge in [0.1, 0.15) is 5.82 Å². The first-order valence-electron chi connectivity index (χ1n) is 6.98. The zero-order valence-electron chi connectivity index (χ0n) is 10.8. The monoisotopic (exact) mass is 241 g/mol. The molecule has 3 heteroatoms. The lowest BCUT2D eigenvalue weighted by molar-refractivity contribution is 0.582. The van der Waals surface area contributed by atoms with E-state index in [0.717, 1.165) is 29.6 Å². The van der Waals surface area contributed by atoms with Crippen LogP contribution < -0.4 is 5.73 Å². The van der Waals surface area contributed by atoms with Crippen molar-refractivity contribution in [2.75, 3.05) is 5.73 Å². The molecule has 2 aliphatic carbocycles. The van der Waals surface area contributed by atoms with Crippen LogP contribution in [0.1, 0.15) is 37.9 Å². The minimum atomic E-state index is 0.702. The van der Waals surface area contributed by atoms with Gasteiger partial charge in [-0.15, -0.1) is 0 Å². The Labute approximate surface area is 107 Å². The van der Waals surface area contributed by atoms with Gasteiger partial charge >= 0.3 is 0 Å². The van der Waals surface area contributed by atoms with Crippen molar-refractivity contribution in [1.29, 1.82) is 0 Å². The largest absolute Gasteiger partial charge is 0.399 e. The van der Waals surface area contributed by atoms with Gasteiger partial charge in [0.15, 0.2) is 0 Å². The molecule has 2 saturated carbocycles. The molecule has 1 heterocycles. The summed E-state index contributed by atoms with van der Waals surface area (Å²) in [6.45, 7) is 3.49. The van der Waals surface area contributed by atoms with Crippen LogP contribution in [0.4, 0.5) is 5.69 Å². The van der Waals surface area contributed by atoms with E-state index in [1.165, 1.54) is 30.6 Å². The summed E-state index contributed by atoms with van der Waals surface area (Å²) in [5, 5.41) is 0. The van der Waals surface area contributed by atoms with E-state index in [1.54, 1.807) is 0 Å². The molecular formula is C15H19N3. The molecule has 0 spiro atoms. The van der Waals surface area contributed by atoms with Crippen LogP contribution in [-0.4, -0.2) is 9.55 Å². The van der Waals surface area contributed by atoms with Crippen molar-refractivity contribution >= 4 is 16.7 Å². The second kappa shape index (κ2) is 3.50. The van der Waals surface area contributed by atoms with Crippen molar-refractivity contribution in [2.45, 2.75) is 38.6 Å². The summed E-state index contributed by atoms with van der Waals surface area (Å²) in [6.07, 6.45) is 3.98. The standard InChI is InChI=1S/C15H19N3/c1-9-6-11(9)8-18-14-5-4-12(16)7-13(14)17-15(18)10-2-3-10/h4-5,7,9-11H,2-3,6,8,16H2,1H3. The SMILES string of the molecule is CC1CC1Cn1c(C2CC2)nc2cc(N)ccc21. The Hall–Kier alpha value is -1.51. The van der Waals surface area contributed by atoms with Crippen molar-refractivity contribution in [3.63, 3.8) is 0 Å². The van der Waals surface area contributed by atoms with E-state index in [9.17, 15) is 0 Å². The van der Waals surface area contributed by atoms with Crippen LogP contribution in [0.2, 0.25) is 0 Å². The zero-order valence-corrected chi connectivity index (χ0v) is 10.8. The molecule has 2 aromatic rings. The van der Waals surface area contributed by atoms with E-state index in [1.807, 2.05) is 12.1 Å². The molecule has 18 heavy (non-hydrogen) atoms. The third-order valence-electron chi connectivity index (χ3n) is 4.44. The van der Waals surface area contributed by atoms with Crippen LogP contribution in [0.3, 0.4) is 0 Å². The van der Waals surface area contributed by atoms with E-state index in [4.69, 9.17) is 10.7 Å². The van der Waals surface area contributed by atoms with Crippen LogP contribution >= 0.6 is 0 Å². The number of nitrogen functional groups attached to an aromatic ring is 1. The molecule has 0 radical (unpaired) electrons. The van der Waals surface area contributed by atoms with E-state index in [-0.39, 0.29) is 0 Å². The lowest BCUT2D eigenvalue weighted by Crippen LogP contribution is -2.05. The fraction of sp³-hybridized carbons (Fsp3) is 0.533. The van der Waals surface area contributed by atoms with Gasteiger partial charge in [0.2, 0.25) is 0 Å². The Balaban J connectivity index is 1.82. The average molecular weight is 241 g/mol. The second-order valence-electron chi connectivity index (χ2n) is 6.08. The lowest BCUT2D eigenvalue weighted by atomic mass is 10.2. The van der Waals surface area contributed by atoms with E-state index >= 15 is 0 Å². The minimum Gasteiger partial charge on any atom is -0.399 e. The predicted octanol–water partition coefficient (Wildman–Crippen LogP) is 3.15. The third kappa shape index (κ3) is 1.61. The molecule has 0 bridgehead atoms. The van der Waals surface area contributed by atoms with Gasteiger partial charge in [-0.2, -0.15) is 0 Å². The summed E-state index contributed by atoms with van der Waals surface area (Å²) in [4.78, 5) is 4.82. The molecule has 0 saturated heterocycles. The van der Waals surface area contributed by atoms with Crippen molar-refractivity contribution in [3.8, 4) is 0 Å². The number of hydrogen-bond donors (Lipinski definition) is 1. The predicted molar refractivity (Wildman–Crippen MR) is 73.4 cm³/mol. The molecule has 2 N–H and O–H groups in total. The van der Waals surface area contributed by atoms with Gasteiger partial charge < -0.3 is 10.3 Å². The number of aromatic nitrogens is 2. The van der Waals surface area contributed by atoms with Crippen LogP contribution in [0.15, 0.2) is 18.2 Å². The first-order valence-corrected chi connectivity index (χ1v) is 6.98. The Bertz CT molecular complexity index is 609.